The maximum Gasteiger partial charge on any atom is 0.253 e. The van der Waals surface area contributed by atoms with E-state index >= 15 is 0 Å². The van der Waals surface area contributed by atoms with E-state index in [0.717, 1.165) is 5.56 Å². The smallest absolute Gasteiger partial charge is 0.253 e. The topological polar surface area (TPSA) is 58.4 Å². The summed E-state index contributed by atoms with van der Waals surface area (Å²) in [5, 5.41) is 4.17. The molecule has 0 radical (unpaired) electrons. The summed E-state index contributed by atoms with van der Waals surface area (Å²) in [6, 6.07) is 9.52. The molecule has 0 unspecified atom stereocenters. The second kappa shape index (κ2) is 6.64. The molecule has 1 aromatic heterocycles. The van der Waals surface area contributed by atoms with Crippen LogP contribution in [0.1, 0.15) is 22.8 Å². The Labute approximate surface area is 135 Å². The van der Waals surface area contributed by atoms with E-state index in [0.29, 0.717) is 38.3 Å². The van der Waals surface area contributed by atoms with E-state index in [1.165, 1.54) is 0 Å². The lowest BCUT2D eigenvalue weighted by atomic mass is 10.1. The Morgan fingerprint density at radius 1 is 1.04 bits per heavy atom. The van der Waals surface area contributed by atoms with Crippen LogP contribution in [0.25, 0.3) is 0 Å². The summed E-state index contributed by atoms with van der Waals surface area (Å²) in [5.74, 6) is 0.0962. The van der Waals surface area contributed by atoms with Crippen LogP contribution in [0, 0.1) is 0 Å². The average molecular weight is 312 g/mol. The minimum atomic E-state index is 0.0267. The molecular weight excluding hydrogens is 292 g/mol. The highest BCUT2D eigenvalue weighted by Crippen LogP contribution is 2.11. The minimum absolute atomic E-state index is 0.0267. The molecule has 1 aliphatic rings. The van der Waals surface area contributed by atoms with E-state index in [1.54, 1.807) is 18.0 Å². The van der Waals surface area contributed by atoms with Crippen LogP contribution in [0.5, 0.6) is 0 Å². The van der Waals surface area contributed by atoms with Gasteiger partial charge in [-0.25, -0.2) is 0 Å². The van der Waals surface area contributed by atoms with E-state index in [2.05, 4.69) is 5.10 Å². The third kappa shape index (κ3) is 3.59. The molecule has 1 fully saturated rings. The van der Waals surface area contributed by atoms with Gasteiger partial charge in [0.25, 0.3) is 5.91 Å². The van der Waals surface area contributed by atoms with E-state index in [9.17, 15) is 9.59 Å². The highest BCUT2D eigenvalue weighted by molar-refractivity contribution is 5.94. The predicted molar refractivity (Wildman–Crippen MR) is 85.9 cm³/mol. The third-order valence-corrected chi connectivity index (χ3v) is 4.12. The molecule has 0 atom stereocenters. The van der Waals surface area contributed by atoms with Gasteiger partial charge in [-0.15, -0.1) is 0 Å². The van der Waals surface area contributed by atoms with Gasteiger partial charge in [0.1, 0.15) is 0 Å². The molecule has 6 nitrogen and oxygen atoms in total. The van der Waals surface area contributed by atoms with E-state index in [4.69, 9.17) is 0 Å². The Balaban J connectivity index is 1.61. The molecule has 2 aromatic rings. The summed E-state index contributed by atoms with van der Waals surface area (Å²) >= 11 is 0. The minimum Gasteiger partial charge on any atom is -0.339 e. The number of aromatic nitrogens is 2. The number of benzene rings is 1. The molecule has 6 heteroatoms. The molecule has 23 heavy (non-hydrogen) atoms. The summed E-state index contributed by atoms with van der Waals surface area (Å²) in [6.07, 6.45) is 3.66. The Morgan fingerprint density at radius 2 is 1.70 bits per heavy atom. The van der Waals surface area contributed by atoms with Crippen LogP contribution in [-0.4, -0.2) is 57.6 Å². The molecule has 1 saturated heterocycles. The van der Waals surface area contributed by atoms with Crippen LogP contribution in [0.4, 0.5) is 0 Å². The van der Waals surface area contributed by atoms with Crippen LogP contribution >= 0.6 is 0 Å². The molecule has 1 aromatic carbocycles. The highest BCUT2D eigenvalue weighted by atomic mass is 16.2. The van der Waals surface area contributed by atoms with Crippen molar-refractivity contribution in [2.75, 3.05) is 26.2 Å². The number of carbonyl (C=O) groups is 2. The Kier molecular flexibility index (Phi) is 4.41. The van der Waals surface area contributed by atoms with Gasteiger partial charge >= 0.3 is 0 Å². The van der Waals surface area contributed by atoms with Crippen molar-refractivity contribution in [2.45, 2.75) is 13.5 Å². The molecule has 0 aliphatic carbocycles. The lowest BCUT2D eigenvalue weighted by Gasteiger charge is -2.34. The fourth-order valence-electron chi connectivity index (χ4n) is 2.74. The fraction of sp³-hybridized carbons (Fsp3) is 0.353. The first-order valence-corrected chi connectivity index (χ1v) is 7.74. The SMILES string of the molecule is CC(=O)N1CCN(C(=O)c2ccc(Cn3cccn3)cc2)CC1. The quantitative estimate of drug-likeness (QED) is 0.857. The van der Waals surface area contributed by atoms with Crippen LogP contribution in [-0.2, 0) is 11.3 Å². The molecule has 0 spiro atoms. The highest BCUT2D eigenvalue weighted by Gasteiger charge is 2.23. The van der Waals surface area contributed by atoms with Crippen molar-refractivity contribution in [1.29, 1.82) is 0 Å². The number of amides is 2. The summed E-state index contributed by atoms with van der Waals surface area (Å²) in [7, 11) is 0. The second-order valence-electron chi connectivity index (χ2n) is 5.70. The monoisotopic (exact) mass is 312 g/mol. The number of piperazine rings is 1. The number of rotatable bonds is 3. The summed E-state index contributed by atoms with van der Waals surface area (Å²) < 4.78 is 1.85. The number of hydrogen-bond acceptors (Lipinski definition) is 3. The van der Waals surface area contributed by atoms with Gasteiger partial charge < -0.3 is 9.80 Å². The molecule has 0 N–H and O–H groups in total. The standard InChI is InChI=1S/C17H20N4O2/c1-14(22)19-9-11-20(12-10-19)17(23)16-5-3-15(4-6-16)13-21-8-2-7-18-21/h2-8H,9-13H2,1H3. The molecular formula is C17H20N4O2. The van der Waals surface area contributed by atoms with E-state index in [1.807, 2.05) is 46.1 Å². The normalized spacial score (nSPS) is 14.8. The molecule has 3 rings (SSSR count). The van der Waals surface area contributed by atoms with Gasteiger partial charge in [0.05, 0.1) is 6.54 Å². The number of carbonyl (C=O) groups excluding carboxylic acids is 2. The van der Waals surface area contributed by atoms with Crippen molar-refractivity contribution in [3.05, 3.63) is 53.9 Å². The van der Waals surface area contributed by atoms with Crippen molar-refractivity contribution in [3.63, 3.8) is 0 Å². The zero-order valence-electron chi connectivity index (χ0n) is 13.2. The molecule has 1 aliphatic heterocycles. The molecule has 2 heterocycles. The van der Waals surface area contributed by atoms with Crippen LogP contribution in [0.15, 0.2) is 42.7 Å². The summed E-state index contributed by atoms with van der Waals surface area (Å²) in [6.45, 7) is 4.66. The Hall–Kier alpha value is -2.63. The van der Waals surface area contributed by atoms with Crippen molar-refractivity contribution in [1.82, 2.24) is 19.6 Å². The van der Waals surface area contributed by atoms with Crippen LogP contribution in [0.2, 0.25) is 0 Å². The summed E-state index contributed by atoms with van der Waals surface area (Å²) in [5.41, 5.74) is 1.79. The number of hydrogen-bond donors (Lipinski definition) is 0. The molecule has 0 bridgehead atoms. The van der Waals surface area contributed by atoms with Crippen LogP contribution < -0.4 is 0 Å². The predicted octanol–water partition coefficient (Wildman–Crippen LogP) is 1.24. The van der Waals surface area contributed by atoms with Gasteiger partial charge in [-0.2, -0.15) is 5.10 Å². The van der Waals surface area contributed by atoms with Crippen LogP contribution in [0.3, 0.4) is 0 Å². The summed E-state index contributed by atoms with van der Waals surface area (Å²) in [4.78, 5) is 27.4. The zero-order chi connectivity index (χ0) is 16.2. The fourth-order valence-corrected chi connectivity index (χ4v) is 2.74. The van der Waals surface area contributed by atoms with Crippen molar-refractivity contribution < 1.29 is 9.59 Å². The van der Waals surface area contributed by atoms with Crippen molar-refractivity contribution in [2.24, 2.45) is 0 Å². The second-order valence-corrected chi connectivity index (χ2v) is 5.70. The maximum atomic E-state index is 12.5. The molecule has 0 saturated carbocycles. The van der Waals surface area contributed by atoms with E-state index in [-0.39, 0.29) is 11.8 Å². The Bertz CT molecular complexity index is 671. The van der Waals surface area contributed by atoms with Gasteiger partial charge in [0.15, 0.2) is 0 Å². The lowest BCUT2D eigenvalue weighted by molar-refractivity contribution is -0.130. The van der Waals surface area contributed by atoms with Gasteiger partial charge in [-0.3, -0.25) is 14.3 Å². The Morgan fingerprint density at radius 3 is 2.26 bits per heavy atom. The first kappa shape index (κ1) is 15.3. The first-order valence-electron chi connectivity index (χ1n) is 7.74. The zero-order valence-corrected chi connectivity index (χ0v) is 13.2. The third-order valence-electron chi connectivity index (χ3n) is 4.12. The van der Waals surface area contributed by atoms with Gasteiger partial charge in [0, 0.05) is 51.1 Å². The lowest BCUT2D eigenvalue weighted by Crippen LogP contribution is -2.50. The van der Waals surface area contributed by atoms with Gasteiger partial charge in [-0.05, 0) is 23.8 Å². The number of nitrogens with zero attached hydrogens (tertiary/aromatic N) is 4. The maximum absolute atomic E-state index is 12.5. The van der Waals surface area contributed by atoms with Gasteiger partial charge in [0.2, 0.25) is 5.91 Å². The van der Waals surface area contributed by atoms with Gasteiger partial charge in [-0.1, -0.05) is 12.1 Å². The molecule has 2 amide bonds. The molecule has 120 valence electrons. The van der Waals surface area contributed by atoms with Crippen molar-refractivity contribution in [3.8, 4) is 0 Å². The first-order chi connectivity index (χ1) is 11.1. The average Bonchev–Trinajstić information content (AvgIpc) is 3.08. The van der Waals surface area contributed by atoms with E-state index < -0.39 is 0 Å². The largest absolute Gasteiger partial charge is 0.339 e. The van der Waals surface area contributed by atoms with Crippen molar-refractivity contribution >= 4 is 11.8 Å².